The van der Waals surface area contributed by atoms with Crippen molar-refractivity contribution in [2.24, 2.45) is 0 Å². The number of furan rings is 2. The maximum atomic E-state index is 6.85. The molecule has 2 aliphatic carbocycles. The summed E-state index contributed by atoms with van der Waals surface area (Å²) >= 11 is 0. The molecule has 244 valence electrons. The summed E-state index contributed by atoms with van der Waals surface area (Å²) in [5.74, 6) is 0. The number of anilines is 3. The van der Waals surface area contributed by atoms with Gasteiger partial charge in [0.2, 0.25) is 0 Å². The van der Waals surface area contributed by atoms with Crippen molar-refractivity contribution >= 4 is 83.4 Å². The lowest BCUT2D eigenvalue weighted by Crippen LogP contribution is -2.14. The molecule has 0 spiro atoms. The lowest BCUT2D eigenvalue weighted by atomic mass is 9.90. The zero-order valence-electron chi connectivity index (χ0n) is 28.3. The molecule has 0 unspecified atom stereocenters. The van der Waals surface area contributed by atoms with Crippen molar-refractivity contribution in [3.8, 4) is 11.1 Å². The van der Waals surface area contributed by atoms with E-state index in [0.29, 0.717) is 0 Å². The Morgan fingerprint density at radius 1 is 0.596 bits per heavy atom. The molecule has 2 heterocycles. The maximum Gasteiger partial charge on any atom is 0.159 e. The van der Waals surface area contributed by atoms with Crippen LogP contribution in [-0.2, 0) is 6.42 Å². The van der Waals surface area contributed by atoms with Crippen LogP contribution in [0.4, 0.5) is 17.1 Å². The highest BCUT2D eigenvalue weighted by Crippen LogP contribution is 2.49. The number of rotatable bonds is 5. The van der Waals surface area contributed by atoms with Gasteiger partial charge in [0.25, 0.3) is 0 Å². The third-order valence-electron chi connectivity index (χ3n) is 10.8. The molecule has 7 aromatic carbocycles. The van der Waals surface area contributed by atoms with Crippen molar-refractivity contribution in [1.29, 1.82) is 0 Å². The van der Waals surface area contributed by atoms with Gasteiger partial charge in [0.1, 0.15) is 16.7 Å². The molecule has 3 nitrogen and oxygen atoms in total. The lowest BCUT2D eigenvalue weighted by molar-refractivity contribution is 0.666. The number of allylic oxidation sites excluding steroid dienone is 4. The standard InChI is InChI=1S/C49H31NO2/c1-2-13-31(12-1)32-26-28-34(29-27-32)50(43-23-10-22-41-38-18-7-8-24-45(38)51-49(41)43)44-30-42-47-39(36-20-9-15-33-14-3-4-16-35(33)36)21-11-25-46(47)52-48(42)40-19-6-5-17-37(40)44/h1,3-4,6-16,18-30H,5,17H2. The molecule has 0 bridgehead atoms. The van der Waals surface area contributed by atoms with Crippen molar-refractivity contribution in [3.05, 3.63) is 180 Å². The number of fused-ring (bicyclic) bond motifs is 9. The van der Waals surface area contributed by atoms with E-state index < -0.39 is 0 Å². The van der Waals surface area contributed by atoms with Crippen LogP contribution in [0.2, 0.25) is 0 Å². The van der Waals surface area contributed by atoms with Crippen LogP contribution in [-0.4, -0.2) is 0 Å². The fourth-order valence-corrected chi connectivity index (χ4v) is 8.38. The van der Waals surface area contributed by atoms with Crippen LogP contribution in [0, 0.1) is 0 Å². The van der Waals surface area contributed by atoms with Crippen LogP contribution in [0.3, 0.4) is 0 Å². The molecule has 0 amide bonds. The molecule has 2 aliphatic rings. The first-order chi connectivity index (χ1) is 25.8. The van der Waals surface area contributed by atoms with Gasteiger partial charge in [-0.3, -0.25) is 0 Å². The Hall–Kier alpha value is -6.80. The quantitative estimate of drug-likeness (QED) is 0.171. The van der Waals surface area contributed by atoms with Crippen molar-refractivity contribution in [1.82, 2.24) is 0 Å². The summed E-state index contributed by atoms with van der Waals surface area (Å²) in [5, 5.41) is 6.89. The third-order valence-corrected chi connectivity index (χ3v) is 10.8. The minimum absolute atomic E-state index is 0.868. The predicted molar refractivity (Wildman–Crippen MR) is 217 cm³/mol. The van der Waals surface area contributed by atoms with Gasteiger partial charge in [-0.1, -0.05) is 109 Å². The molecule has 11 rings (SSSR count). The molecule has 0 aliphatic heterocycles. The highest BCUT2D eigenvalue weighted by Gasteiger charge is 2.27. The van der Waals surface area contributed by atoms with E-state index in [-0.39, 0.29) is 0 Å². The first kappa shape index (κ1) is 29.0. The van der Waals surface area contributed by atoms with Crippen molar-refractivity contribution in [2.45, 2.75) is 12.8 Å². The van der Waals surface area contributed by atoms with Crippen LogP contribution < -0.4 is 4.90 Å². The first-order valence-electron chi connectivity index (χ1n) is 17.9. The molecular weight excluding hydrogens is 635 g/mol. The van der Waals surface area contributed by atoms with Gasteiger partial charge in [-0.15, -0.1) is 5.73 Å². The van der Waals surface area contributed by atoms with Crippen LogP contribution in [0.25, 0.3) is 77.4 Å². The van der Waals surface area contributed by atoms with Crippen molar-refractivity contribution in [3.63, 3.8) is 0 Å². The number of benzene rings is 7. The van der Waals surface area contributed by atoms with E-state index in [9.17, 15) is 0 Å². The summed E-state index contributed by atoms with van der Waals surface area (Å²) in [7, 11) is 0. The number of hydrogen-bond donors (Lipinski definition) is 0. The Balaban J connectivity index is 1.22. The summed E-state index contributed by atoms with van der Waals surface area (Å²) in [6.07, 6.45) is 12.5. The summed E-state index contributed by atoms with van der Waals surface area (Å²) < 4.78 is 13.6. The fraction of sp³-hybridized carbons (Fsp3) is 0.0408. The van der Waals surface area contributed by atoms with E-state index in [2.05, 4.69) is 156 Å². The second-order valence-electron chi connectivity index (χ2n) is 13.6. The van der Waals surface area contributed by atoms with Gasteiger partial charge in [0, 0.05) is 32.8 Å². The third kappa shape index (κ3) is 4.34. The van der Waals surface area contributed by atoms with Gasteiger partial charge in [0.05, 0.1) is 11.4 Å². The summed E-state index contributed by atoms with van der Waals surface area (Å²) in [4.78, 5) is 2.41. The molecule has 0 atom stereocenters. The molecular formula is C49H31NO2. The molecule has 0 radical (unpaired) electrons. The fourth-order valence-electron chi connectivity index (χ4n) is 8.38. The van der Waals surface area contributed by atoms with E-state index in [1.165, 1.54) is 27.5 Å². The molecule has 0 N–H and O–H groups in total. The van der Waals surface area contributed by atoms with Crippen LogP contribution in [0.1, 0.15) is 23.1 Å². The largest absolute Gasteiger partial charge is 0.455 e. The Bertz CT molecular complexity index is 3050. The number of para-hydroxylation sites is 2. The second kappa shape index (κ2) is 11.4. The van der Waals surface area contributed by atoms with Crippen LogP contribution >= 0.6 is 0 Å². The first-order valence-corrected chi connectivity index (χ1v) is 17.9. The van der Waals surface area contributed by atoms with Gasteiger partial charge in [-0.2, -0.15) is 0 Å². The smallest absolute Gasteiger partial charge is 0.159 e. The molecule has 0 saturated heterocycles. The zero-order valence-corrected chi connectivity index (χ0v) is 28.3. The summed E-state index contributed by atoms with van der Waals surface area (Å²) in [6, 6.07) is 47.7. The van der Waals surface area contributed by atoms with E-state index in [4.69, 9.17) is 8.83 Å². The highest BCUT2D eigenvalue weighted by molar-refractivity contribution is 6.18. The van der Waals surface area contributed by atoms with Gasteiger partial charge in [0.15, 0.2) is 5.58 Å². The number of hydrogen-bond acceptors (Lipinski definition) is 3. The second-order valence-corrected chi connectivity index (χ2v) is 13.6. The molecule has 0 saturated carbocycles. The maximum absolute atomic E-state index is 6.85. The Morgan fingerprint density at radius 3 is 2.25 bits per heavy atom. The summed E-state index contributed by atoms with van der Waals surface area (Å²) in [6.45, 7) is 0. The van der Waals surface area contributed by atoms with Gasteiger partial charge in [-0.05, 0) is 106 Å². The van der Waals surface area contributed by atoms with Gasteiger partial charge >= 0.3 is 0 Å². The predicted octanol–water partition coefficient (Wildman–Crippen LogP) is 13.8. The van der Waals surface area contributed by atoms with E-state index in [1.54, 1.807) is 0 Å². The van der Waals surface area contributed by atoms with Crippen LogP contribution in [0.15, 0.2) is 172 Å². The zero-order chi connectivity index (χ0) is 34.2. The van der Waals surface area contributed by atoms with E-state index >= 15 is 0 Å². The Kier molecular flexibility index (Phi) is 6.33. The average molecular weight is 666 g/mol. The molecule has 0 fully saturated rings. The minimum Gasteiger partial charge on any atom is -0.455 e. The van der Waals surface area contributed by atoms with Crippen LogP contribution in [0.5, 0.6) is 0 Å². The van der Waals surface area contributed by atoms with E-state index in [0.717, 1.165) is 90.5 Å². The molecule has 52 heavy (non-hydrogen) atoms. The monoisotopic (exact) mass is 665 g/mol. The lowest BCUT2D eigenvalue weighted by Gasteiger charge is -2.29. The molecule has 2 aromatic heterocycles. The topological polar surface area (TPSA) is 29.5 Å². The Labute approximate surface area is 300 Å². The average Bonchev–Trinajstić information content (AvgIpc) is 3.97. The highest BCUT2D eigenvalue weighted by atomic mass is 16.3. The SMILES string of the molecule is C1=CC=C(c2ccc(N(c3cc4c(oc5cccc(-c6cccc7ccccc67)c54)c4c3CCC=C4)c3cccc4c3oc3ccccc34)cc2)C=1. The number of nitrogens with zero attached hydrogens (tertiary/aromatic N) is 1. The van der Waals surface area contributed by atoms with Gasteiger partial charge in [-0.25, -0.2) is 0 Å². The molecule has 9 aromatic rings. The molecule has 3 heteroatoms. The van der Waals surface area contributed by atoms with Gasteiger partial charge < -0.3 is 13.7 Å². The Morgan fingerprint density at radius 2 is 1.35 bits per heavy atom. The minimum atomic E-state index is 0.868. The van der Waals surface area contributed by atoms with Crippen molar-refractivity contribution < 1.29 is 8.83 Å². The van der Waals surface area contributed by atoms with E-state index in [1.807, 2.05) is 18.2 Å². The van der Waals surface area contributed by atoms with Crippen molar-refractivity contribution in [2.75, 3.05) is 4.90 Å². The summed E-state index contributed by atoms with van der Waals surface area (Å²) in [5.41, 5.74) is 17.1. The normalized spacial score (nSPS) is 13.6.